The Morgan fingerprint density at radius 3 is 2.77 bits per heavy atom. The Morgan fingerprint density at radius 2 is 2.04 bits per heavy atom. The average Bonchev–Trinajstić information content (AvgIpc) is 3.20. The summed E-state index contributed by atoms with van der Waals surface area (Å²) in [6.45, 7) is 9.68. The highest BCUT2D eigenvalue weighted by Gasteiger charge is 2.67. The number of aryl methyl sites for hydroxylation is 2. The first-order chi connectivity index (χ1) is 12.5. The molecule has 2 aliphatic rings. The monoisotopic (exact) mass is 359 g/mol. The van der Waals surface area contributed by atoms with Crippen LogP contribution in [0.1, 0.15) is 57.5 Å². The lowest BCUT2D eigenvalue weighted by Gasteiger charge is -2.27. The molecule has 1 aliphatic heterocycles. The van der Waals surface area contributed by atoms with Crippen LogP contribution < -0.4 is 16.0 Å². The quantitative estimate of drug-likeness (QED) is 0.621. The minimum absolute atomic E-state index is 0.173. The summed E-state index contributed by atoms with van der Waals surface area (Å²) in [5, 5.41) is 9.85. The summed E-state index contributed by atoms with van der Waals surface area (Å²) < 4.78 is 0. The van der Waals surface area contributed by atoms with E-state index in [1.165, 1.54) is 0 Å². The maximum Gasteiger partial charge on any atom is 0.226 e. The van der Waals surface area contributed by atoms with Crippen LogP contribution >= 0.6 is 0 Å². The highest BCUT2D eigenvalue weighted by Crippen LogP contribution is 2.68. The first-order valence-corrected chi connectivity index (χ1v) is 10.1. The standard InChI is InChI=1S/C20H33N5O/c1-4-5-6-16-24-15(2)13-17(25-16)22-11-12-23-18(26)19(3)14-20(19)7-9-21-10-8-20/h13,21H,4-12,14H2,1-3H3,(H,23,26)(H,22,24,25). The first-order valence-electron chi connectivity index (χ1n) is 10.1. The maximum atomic E-state index is 12.7. The molecule has 144 valence electrons. The van der Waals surface area contributed by atoms with Crippen LogP contribution in [0.2, 0.25) is 0 Å². The topological polar surface area (TPSA) is 78.9 Å². The van der Waals surface area contributed by atoms with Crippen molar-refractivity contribution in [3.63, 3.8) is 0 Å². The van der Waals surface area contributed by atoms with E-state index in [9.17, 15) is 4.79 Å². The van der Waals surface area contributed by atoms with Crippen molar-refractivity contribution in [3.05, 3.63) is 17.6 Å². The molecule has 1 spiro atoms. The fourth-order valence-electron chi connectivity index (χ4n) is 4.32. The van der Waals surface area contributed by atoms with Crippen LogP contribution in [0.25, 0.3) is 0 Å². The van der Waals surface area contributed by atoms with Crippen molar-refractivity contribution in [2.45, 2.75) is 59.3 Å². The molecule has 1 saturated heterocycles. The van der Waals surface area contributed by atoms with Gasteiger partial charge in [-0.1, -0.05) is 20.3 Å². The number of nitrogens with one attached hydrogen (secondary N) is 3. The number of unbranched alkanes of at least 4 members (excludes halogenated alkanes) is 1. The van der Waals surface area contributed by atoms with Crippen LogP contribution in [0.4, 0.5) is 5.82 Å². The second-order valence-corrected chi connectivity index (χ2v) is 8.14. The summed E-state index contributed by atoms with van der Waals surface area (Å²) in [4.78, 5) is 21.7. The molecule has 1 atom stereocenters. The van der Waals surface area contributed by atoms with Crippen molar-refractivity contribution in [1.29, 1.82) is 0 Å². The van der Waals surface area contributed by atoms with Crippen molar-refractivity contribution < 1.29 is 4.79 Å². The van der Waals surface area contributed by atoms with E-state index in [1.807, 2.05) is 13.0 Å². The van der Waals surface area contributed by atoms with E-state index in [2.05, 4.69) is 39.8 Å². The summed E-state index contributed by atoms with van der Waals surface area (Å²) in [6.07, 6.45) is 6.44. The predicted molar refractivity (Wildman–Crippen MR) is 104 cm³/mol. The SMILES string of the molecule is CCCCc1nc(C)cc(NCCNC(=O)C2(C)CC23CCNCC3)n1. The molecule has 0 aromatic carbocycles. The molecular formula is C20H33N5O. The molecular weight excluding hydrogens is 326 g/mol. The molecule has 6 heteroatoms. The Bertz CT molecular complexity index is 641. The molecule has 1 aliphatic carbocycles. The van der Waals surface area contributed by atoms with Gasteiger partial charge in [0.15, 0.2) is 0 Å². The van der Waals surface area contributed by atoms with E-state index in [4.69, 9.17) is 0 Å². The van der Waals surface area contributed by atoms with Crippen molar-refractivity contribution in [1.82, 2.24) is 20.6 Å². The Kier molecular flexibility index (Phi) is 5.80. The van der Waals surface area contributed by atoms with Crippen molar-refractivity contribution in [2.75, 3.05) is 31.5 Å². The van der Waals surface area contributed by atoms with Crippen LogP contribution in [0, 0.1) is 17.8 Å². The molecule has 2 heterocycles. The van der Waals surface area contributed by atoms with E-state index in [-0.39, 0.29) is 16.7 Å². The summed E-state index contributed by atoms with van der Waals surface area (Å²) in [5.74, 6) is 1.96. The smallest absolute Gasteiger partial charge is 0.226 e. The molecule has 26 heavy (non-hydrogen) atoms. The van der Waals surface area contributed by atoms with Crippen molar-refractivity contribution in [3.8, 4) is 0 Å². The van der Waals surface area contributed by atoms with Gasteiger partial charge in [0.25, 0.3) is 0 Å². The zero-order valence-corrected chi connectivity index (χ0v) is 16.5. The number of rotatable bonds is 8. The Balaban J connectivity index is 1.44. The van der Waals surface area contributed by atoms with Gasteiger partial charge in [0, 0.05) is 31.3 Å². The largest absolute Gasteiger partial charge is 0.368 e. The molecule has 1 amide bonds. The van der Waals surface area contributed by atoms with Crippen LogP contribution in [0.3, 0.4) is 0 Å². The van der Waals surface area contributed by atoms with Gasteiger partial charge in [-0.2, -0.15) is 0 Å². The van der Waals surface area contributed by atoms with Gasteiger partial charge < -0.3 is 16.0 Å². The van der Waals surface area contributed by atoms with E-state index in [1.54, 1.807) is 0 Å². The van der Waals surface area contributed by atoms with Gasteiger partial charge in [-0.25, -0.2) is 9.97 Å². The number of aromatic nitrogens is 2. The van der Waals surface area contributed by atoms with Gasteiger partial charge in [-0.3, -0.25) is 4.79 Å². The van der Waals surface area contributed by atoms with Crippen LogP contribution in [-0.2, 0) is 11.2 Å². The molecule has 1 unspecified atom stereocenters. The Labute approximate surface area is 157 Å². The van der Waals surface area contributed by atoms with E-state index in [0.717, 1.165) is 69.0 Å². The third-order valence-corrected chi connectivity index (χ3v) is 6.17. The summed E-state index contributed by atoms with van der Waals surface area (Å²) >= 11 is 0. The third-order valence-electron chi connectivity index (χ3n) is 6.17. The zero-order chi connectivity index (χ0) is 18.6. The van der Waals surface area contributed by atoms with E-state index < -0.39 is 0 Å². The van der Waals surface area contributed by atoms with Gasteiger partial charge in [0.2, 0.25) is 5.91 Å². The first kappa shape index (κ1) is 19.1. The fraction of sp³-hybridized carbons (Fsp3) is 0.750. The Morgan fingerprint density at radius 1 is 1.27 bits per heavy atom. The van der Waals surface area contributed by atoms with Gasteiger partial charge in [-0.05, 0) is 51.1 Å². The lowest BCUT2D eigenvalue weighted by atomic mass is 9.85. The number of anilines is 1. The average molecular weight is 360 g/mol. The molecule has 1 saturated carbocycles. The van der Waals surface area contributed by atoms with E-state index >= 15 is 0 Å². The predicted octanol–water partition coefficient (Wildman–Crippen LogP) is 2.44. The number of carbonyl (C=O) groups excluding carboxylic acids is 1. The molecule has 6 nitrogen and oxygen atoms in total. The van der Waals surface area contributed by atoms with Gasteiger partial charge in [0.1, 0.15) is 11.6 Å². The minimum Gasteiger partial charge on any atom is -0.368 e. The number of nitrogens with zero attached hydrogens (tertiary/aromatic N) is 2. The van der Waals surface area contributed by atoms with E-state index in [0.29, 0.717) is 13.1 Å². The lowest BCUT2D eigenvalue weighted by Crippen LogP contribution is -2.39. The summed E-state index contributed by atoms with van der Waals surface area (Å²) in [6, 6.07) is 1.96. The highest BCUT2D eigenvalue weighted by molar-refractivity contribution is 5.86. The van der Waals surface area contributed by atoms with Crippen molar-refractivity contribution >= 4 is 11.7 Å². The highest BCUT2D eigenvalue weighted by atomic mass is 16.2. The number of hydrogen-bond acceptors (Lipinski definition) is 5. The summed E-state index contributed by atoms with van der Waals surface area (Å²) in [5.41, 5.74) is 1.05. The van der Waals surface area contributed by atoms with Gasteiger partial charge in [-0.15, -0.1) is 0 Å². The molecule has 1 aromatic rings. The second kappa shape index (κ2) is 7.91. The summed E-state index contributed by atoms with van der Waals surface area (Å²) in [7, 11) is 0. The van der Waals surface area contributed by atoms with Gasteiger partial charge >= 0.3 is 0 Å². The lowest BCUT2D eigenvalue weighted by molar-refractivity contribution is -0.127. The molecule has 0 bridgehead atoms. The second-order valence-electron chi connectivity index (χ2n) is 8.14. The van der Waals surface area contributed by atoms with Crippen molar-refractivity contribution in [2.24, 2.45) is 10.8 Å². The van der Waals surface area contributed by atoms with Gasteiger partial charge in [0.05, 0.1) is 5.41 Å². The number of piperidine rings is 1. The van der Waals surface area contributed by atoms with Crippen LogP contribution in [0.15, 0.2) is 6.07 Å². The van der Waals surface area contributed by atoms with Crippen LogP contribution in [0.5, 0.6) is 0 Å². The number of hydrogen-bond donors (Lipinski definition) is 3. The molecule has 0 radical (unpaired) electrons. The maximum absolute atomic E-state index is 12.7. The molecule has 1 aromatic heterocycles. The zero-order valence-electron chi connectivity index (χ0n) is 16.5. The molecule has 2 fully saturated rings. The third kappa shape index (κ3) is 4.00. The number of carbonyl (C=O) groups is 1. The fourth-order valence-corrected chi connectivity index (χ4v) is 4.32. The minimum atomic E-state index is -0.173. The normalized spacial score (nSPS) is 23.7. The molecule has 3 N–H and O–H groups in total. The molecule has 3 rings (SSSR count). The number of amides is 1. The Hall–Kier alpha value is -1.69. The van der Waals surface area contributed by atoms with Crippen LogP contribution in [-0.4, -0.2) is 42.1 Å².